The van der Waals surface area contributed by atoms with Gasteiger partial charge in [-0.15, -0.1) is 0 Å². The summed E-state index contributed by atoms with van der Waals surface area (Å²) in [5.74, 6) is 0. The van der Waals surface area contributed by atoms with E-state index in [0.717, 1.165) is 31.7 Å². The molecule has 3 aromatic rings. The number of hydrogen-bond donors (Lipinski definition) is 0. The smallest absolute Gasteiger partial charge is 0.331 e. The minimum atomic E-state index is 0.903. The quantitative estimate of drug-likeness (QED) is 0.255. The maximum absolute atomic E-state index is 5.74. The van der Waals surface area contributed by atoms with Crippen LogP contribution in [-0.2, 0) is 9.51 Å². The highest BCUT2D eigenvalue weighted by molar-refractivity contribution is 9.10. The number of benzene rings is 3. The molecular formula is C20H18B2Br2N2O2. The lowest BCUT2D eigenvalue weighted by atomic mass is 10.1. The third-order valence-corrected chi connectivity index (χ3v) is 4.92. The van der Waals surface area contributed by atoms with Crippen LogP contribution in [0.25, 0.3) is 0 Å². The van der Waals surface area contributed by atoms with Crippen molar-refractivity contribution in [1.82, 2.24) is 0 Å². The Morgan fingerprint density at radius 3 is 1.04 bits per heavy atom. The van der Waals surface area contributed by atoms with E-state index < -0.39 is 0 Å². The molecule has 0 aromatic heterocycles. The van der Waals surface area contributed by atoms with Crippen molar-refractivity contribution >= 4 is 69.6 Å². The first-order valence-electron chi connectivity index (χ1n) is 8.73. The molecule has 0 saturated heterocycles. The average molecular weight is 500 g/mol. The van der Waals surface area contributed by atoms with Crippen LogP contribution in [0.1, 0.15) is 0 Å². The summed E-state index contributed by atoms with van der Waals surface area (Å²) in [4.78, 5) is 0. The maximum Gasteiger partial charge on any atom is 0.331 e. The van der Waals surface area contributed by atoms with Gasteiger partial charge in [-0.3, -0.25) is 0 Å². The van der Waals surface area contributed by atoms with Gasteiger partial charge in [-0.05, 0) is 72.8 Å². The van der Waals surface area contributed by atoms with Gasteiger partial charge < -0.3 is 9.51 Å². The monoisotopic (exact) mass is 498 g/mol. The number of rotatable bonds is 8. The molecule has 0 aliphatic heterocycles. The molecule has 0 heterocycles. The van der Waals surface area contributed by atoms with Crippen molar-refractivity contribution in [3.63, 3.8) is 0 Å². The van der Waals surface area contributed by atoms with E-state index in [4.69, 9.17) is 9.51 Å². The van der Waals surface area contributed by atoms with Crippen LogP contribution in [0.4, 0.5) is 22.7 Å². The van der Waals surface area contributed by atoms with Crippen LogP contribution in [0.15, 0.2) is 81.7 Å². The van der Waals surface area contributed by atoms with Crippen molar-refractivity contribution in [2.75, 3.05) is 10.1 Å². The Hall–Kier alpha value is -1.73. The summed E-state index contributed by atoms with van der Waals surface area (Å²) in [6.45, 7) is 3.70. The van der Waals surface area contributed by atoms with Crippen LogP contribution in [0, 0.1) is 0 Å². The highest BCUT2D eigenvalue weighted by atomic mass is 79.9. The van der Waals surface area contributed by atoms with Crippen molar-refractivity contribution in [1.29, 1.82) is 0 Å². The summed E-state index contributed by atoms with van der Waals surface area (Å²) in [5.41, 5.74) is 3.66. The molecule has 0 aliphatic carbocycles. The van der Waals surface area contributed by atoms with Crippen LogP contribution in [0.3, 0.4) is 0 Å². The van der Waals surface area contributed by atoms with Crippen molar-refractivity contribution in [2.24, 2.45) is 0 Å². The fourth-order valence-electron chi connectivity index (χ4n) is 2.63. The SMILES string of the molecule is C[B]ON(c1ccc(Br)cc1)c1ccc(N(O[B]C)c2ccc(Br)cc2)cc1. The zero-order valence-electron chi connectivity index (χ0n) is 15.5. The first kappa shape index (κ1) is 21.0. The number of nitrogens with zero attached hydrogens (tertiary/aromatic N) is 2. The van der Waals surface area contributed by atoms with Gasteiger partial charge in [-0.25, -0.2) is 10.1 Å². The lowest BCUT2D eigenvalue weighted by molar-refractivity contribution is 0.343. The molecule has 0 N–H and O–H groups in total. The second-order valence-electron chi connectivity index (χ2n) is 5.74. The molecular weight excluding hydrogens is 482 g/mol. The Morgan fingerprint density at radius 1 is 0.536 bits per heavy atom. The summed E-state index contributed by atoms with van der Waals surface area (Å²) < 4.78 is 13.5. The molecule has 140 valence electrons. The minimum absolute atomic E-state index is 0.903. The summed E-state index contributed by atoms with van der Waals surface area (Å²) >= 11 is 6.93. The molecule has 28 heavy (non-hydrogen) atoms. The molecule has 0 atom stereocenters. The second kappa shape index (κ2) is 10.2. The van der Waals surface area contributed by atoms with Gasteiger partial charge in [0.05, 0.1) is 22.7 Å². The zero-order valence-corrected chi connectivity index (χ0v) is 18.7. The Labute approximate surface area is 184 Å². The Bertz CT molecular complexity index is 804. The fraction of sp³-hybridized carbons (Fsp3) is 0.100. The highest BCUT2D eigenvalue weighted by Gasteiger charge is 2.13. The van der Waals surface area contributed by atoms with Crippen LogP contribution in [0.5, 0.6) is 0 Å². The largest absolute Gasteiger partial charge is 0.340 e. The zero-order chi connectivity index (χ0) is 19.9. The molecule has 0 aliphatic rings. The van der Waals surface area contributed by atoms with Gasteiger partial charge in [0.15, 0.2) is 0 Å². The number of halogens is 2. The van der Waals surface area contributed by atoms with E-state index in [9.17, 15) is 0 Å². The van der Waals surface area contributed by atoms with E-state index in [1.54, 1.807) is 25.1 Å². The van der Waals surface area contributed by atoms with E-state index in [-0.39, 0.29) is 0 Å². The lowest BCUT2D eigenvalue weighted by Gasteiger charge is -2.27. The molecule has 0 saturated carbocycles. The molecule has 0 fully saturated rings. The summed E-state index contributed by atoms with van der Waals surface area (Å²) in [7, 11) is 3.30. The lowest BCUT2D eigenvalue weighted by Crippen LogP contribution is -2.20. The summed E-state index contributed by atoms with van der Waals surface area (Å²) in [5, 5.41) is 3.54. The van der Waals surface area contributed by atoms with Gasteiger partial charge in [0.2, 0.25) is 0 Å². The predicted octanol–water partition coefficient (Wildman–Crippen LogP) is 6.69. The molecule has 0 amide bonds. The van der Waals surface area contributed by atoms with Gasteiger partial charge >= 0.3 is 15.0 Å². The third-order valence-electron chi connectivity index (χ3n) is 3.86. The van der Waals surface area contributed by atoms with Crippen LogP contribution in [0.2, 0.25) is 13.6 Å². The Balaban J connectivity index is 1.88. The van der Waals surface area contributed by atoms with Crippen LogP contribution in [-0.4, -0.2) is 15.0 Å². The van der Waals surface area contributed by atoms with Gasteiger partial charge in [0.25, 0.3) is 0 Å². The van der Waals surface area contributed by atoms with Crippen molar-refractivity contribution in [3.8, 4) is 0 Å². The molecule has 0 unspecified atom stereocenters. The number of anilines is 4. The van der Waals surface area contributed by atoms with Crippen molar-refractivity contribution in [3.05, 3.63) is 81.7 Å². The molecule has 8 heteroatoms. The van der Waals surface area contributed by atoms with Gasteiger partial charge in [-0.1, -0.05) is 45.5 Å². The van der Waals surface area contributed by atoms with Crippen LogP contribution < -0.4 is 10.1 Å². The second-order valence-corrected chi connectivity index (χ2v) is 7.57. The van der Waals surface area contributed by atoms with Gasteiger partial charge in [0, 0.05) is 8.95 Å². The van der Waals surface area contributed by atoms with Gasteiger partial charge in [0.1, 0.15) is 0 Å². The maximum atomic E-state index is 5.74. The van der Waals surface area contributed by atoms with Crippen molar-refractivity contribution < 1.29 is 9.51 Å². The standard InChI is InChI=1S/C20H18B2Br2N2O2/c1-21-27-25(17-7-3-15(23)4-8-17)19-11-13-20(14-12-19)26(28-22-2)18-9-5-16(24)6-10-18/h3-14H,1-2H3. The first-order chi connectivity index (χ1) is 13.6. The number of hydrogen-bond acceptors (Lipinski definition) is 4. The fourth-order valence-corrected chi connectivity index (χ4v) is 3.16. The first-order valence-corrected chi connectivity index (χ1v) is 10.3. The third kappa shape index (κ3) is 5.20. The molecule has 4 nitrogen and oxygen atoms in total. The van der Waals surface area contributed by atoms with E-state index in [0.29, 0.717) is 0 Å². The Morgan fingerprint density at radius 2 is 0.786 bits per heavy atom. The van der Waals surface area contributed by atoms with Gasteiger partial charge in [-0.2, -0.15) is 0 Å². The van der Waals surface area contributed by atoms with Crippen LogP contribution >= 0.6 is 31.9 Å². The summed E-state index contributed by atoms with van der Waals surface area (Å²) in [6.07, 6.45) is 0. The predicted molar refractivity (Wildman–Crippen MR) is 124 cm³/mol. The van der Waals surface area contributed by atoms with Crippen molar-refractivity contribution in [2.45, 2.75) is 13.6 Å². The molecule has 0 spiro atoms. The molecule has 0 bridgehead atoms. The van der Waals surface area contributed by atoms with E-state index in [2.05, 4.69) is 31.9 Å². The summed E-state index contributed by atoms with van der Waals surface area (Å²) in [6, 6.07) is 23.9. The average Bonchev–Trinajstić information content (AvgIpc) is 2.72. The minimum Gasteiger partial charge on any atom is -0.340 e. The Kier molecular flexibility index (Phi) is 7.62. The highest BCUT2D eigenvalue weighted by Crippen LogP contribution is 2.32. The normalized spacial score (nSPS) is 10.4. The molecule has 3 rings (SSSR count). The van der Waals surface area contributed by atoms with E-state index >= 15 is 0 Å². The van der Waals surface area contributed by atoms with E-state index in [1.807, 2.05) is 86.4 Å². The topological polar surface area (TPSA) is 24.9 Å². The molecule has 2 radical (unpaired) electrons. The molecule has 3 aromatic carbocycles. The van der Waals surface area contributed by atoms with E-state index in [1.165, 1.54) is 0 Å².